The second kappa shape index (κ2) is 7.71. The molecule has 2 N–H and O–H groups in total. The lowest BCUT2D eigenvalue weighted by Gasteiger charge is -2.06. The van der Waals surface area contributed by atoms with E-state index in [1.807, 2.05) is 24.3 Å². The van der Waals surface area contributed by atoms with Crippen molar-refractivity contribution in [1.82, 2.24) is 0 Å². The van der Waals surface area contributed by atoms with Gasteiger partial charge >= 0.3 is 0 Å². The highest BCUT2D eigenvalue weighted by atomic mass is 35.5. The zero-order valence-electron chi connectivity index (χ0n) is 10.4. The highest BCUT2D eigenvalue weighted by Gasteiger charge is 2.04. The van der Waals surface area contributed by atoms with Crippen LogP contribution in [0, 0.1) is 0 Å². The number of hydrogen-bond acceptors (Lipinski definition) is 3. The zero-order valence-corrected chi connectivity index (χ0v) is 14.3. The molecule has 0 aliphatic carbocycles. The summed E-state index contributed by atoms with van der Waals surface area (Å²) in [4.78, 5) is 2.04. The van der Waals surface area contributed by atoms with Crippen molar-refractivity contribution in [2.45, 2.75) is 9.79 Å². The van der Waals surface area contributed by atoms with Gasteiger partial charge in [-0.05, 0) is 36.4 Å². The predicted molar refractivity (Wildman–Crippen MR) is 93.8 cm³/mol. The van der Waals surface area contributed by atoms with E-state index in [0.717, 1.165) is 26.3 Å². The van der Waals surface area contributed by atoms with Gasteiger partial charge in [0.05, 0.1) is 10.0 Å². The van der Waals surface area contributed by atoms with Crippen molar-refractivity contribution in [3.63, 3.8) is 0 Å². The van der Waals surface area contributed by atoms with Crippen LogP contribution >= 0.6 is 58.3 Å². The molecular weight excluding hydrogens is 353 g/mol. The molecule has 0 aliphatic heterocycles. The van der Waals surface area contributed by atoms with Crippen molar-refractivity contribution >= 4 is 64.0 Å². The summed E-state index contributed by atoms with van der Waals surface area (Å²) in [6.45, 7) is 0. The van der Waals surface area contributed by atoms with Gasteiger partial charge in [0.2, 0.25) is 0 Å². The molecule has 0 bridgehead atoms. The molecule has 0 saturated carbocycles. The first-order valence-corrected chi connectivity index (χ1v) is 8.92. The molecule has 106 valence electrons. The van der Waals surface area contributed by atoms with Crippen molar-refractivity contribution in [2.75, 3.05) is 17.2 Å². The lowest BCUT2D eigenvalue weighted by molar-refractivity contribution is 1.41. The third-order valence-corrected chi connectivity index (χ3v) is 5.94. The van der Waals surface area contributed by atoms with Crippen LogP contribution in [0.2, 0.25) is 15.1 Å². The summed E-state index contributed by atoms with van der Waals surface area (Å²) in [6, 6.07) is 11.1. The van der Waals surface area contributed by atoms with Gasteiger partial charge in [0.1, 0.15) is 0 Å². The van der Waals surface area contributed by atoms with E-state index >= 15 is 0 Å². The first-order valence-electron chi connectivity index (χ1n) is 5.82. The van der Waals surface area contributed by atoms with Gasteiger partial charge < -0.3 is 5.73 Å². The number of rotatable bonds is 5. The number of anilines is 1. The van der Waals surface area contributed by atoms with Crippen LogP contribution < -0.4 is 5.73 Å². The molecule has 0 aromatic heterocycles. The van der Waals surface area contributed by atoms with Gasteiger partial charge in [0, 0.05) is 32.0 Å². The average molecular weight is 365 g/mol. The molecule has 0 saturated heterocycles. The fraction of sp³-hybridized carbons (Fsp3) is 0.143. The zero-order chi connectivity index (χ0) is 14.5. The Morgan fingerprint density at radius 2 is 1.50 bits per heavy atom. The van der Waals surface area contributed by atoms with Crippen LogP contribution in [-0.4, -0.2) is 11.5 Å². The first kappa shape index (κ1) is 16.2. The molecule has 2 aromatic carbocycles. The van der Waals surface area contributed by atoms with E-state index in [2.05, 4.69) is 0 Å². The van der Waals surface area contributed by atoms with Crippen LogP contribution in [0.3, 0.4) is 0 Å². The van der Waals surface area contributed by atoms with E-state index in [9.17, 15) is 0 Å². The van der Waals surface area contributed by atoms with Gasteiger partial charge in [-0.25, -0.2) is 0 Å². The lowest BCUT2D eigenvalue weighted by atomic mass is 10.3. The third kappa shape index (κ3) is 4.68. The minimum absolute atomic E-state index is 0.680. The highest BCUT2D eigenvalue weighted by molar-refractivity contribution is 8.03. The lowest BCUT2D eigenvalue weighted by Crippen LogP contribution is -1.88. The molecule has 2 aromatic rings. The van der Waals surface area contributed by atoms with Crippen LogP contribution in [0.4, 0.5) is 5.69 Å². The molecule has 0 spiro atoms. The summed E-state index contributed by atoms with van der Waals surface area (Å²) in [6.07, 6.45) is 0. The molecule has 6 heteroatoms. The number of thioether (sulfide) groups is 2. The number of nitrogen functional groups attached to an aromatic ring is 1. The standard InChI is InChI=1S/C14H12Cl3NS2/c15-9-1-3-11(16)14(7-9)20-6-5-19-13-4-2-10(18)8-12(13)17/h1-4,7-8H,5-6,18H2. The van der Waals surface area contributed by atoms with Crippen molar-refractivity contribution in [3.05, 3.63) is 51.5 Å². The van der Waals surface area contributed by atoms with Crippen molar-refractivity contribution in [1.29, 1.82) is 0 Å². The number of halogens is 3. The van der Waals surface area contributed by atoms with Gasteiger partial charge in [-0.15, -0.1) is 23.5 Å². The van der Waals surface area contributed by atoms with Gasteiger partial charge in [-0.2, -0.15) is 0 Å². The van der Waals surface area contributed by atoms with E-state index in [1.165, 1.54) is 0 Å². The molecule has 20 heavy (non-hydrogen) atoms. The fourth-order valence-electron chi connectivity index (χ4n) is 1.53. The Balaban J connectivity index is 1.86. The number of benzene rings is 2. The van der Waals surface area contributed by atoms with E-state index in [1.54, 1.807) is 35.7 Å². The molecule has 0 aliphatic rings. The maximum absolute atomic E-state index is 6.13. The maximum atomic E-state index is 6.13. The number of hydrogen-bond donors (Lipinski definition) is 1. The molecule has 0 unspecified atom stereocenters. The maximum Gasteiger partial charge on any atom is 0.0562 e. The largest absolute Gasteiger partial charge is 0.399 e. The molecule has 0 amide bonds. The van der Waals surface area contributed by atoms with Crippen molar-refractivity contribution in [3.8, 4) is 0 Å². The van der Waals surface area contributed by atoms with Crippen LogP contribution in [0.25, 0.3) is 0 Å². The quantitative estimate of drug-likeness (QED) is 0.393. The van der Waals surface area contributed by atoms with E-state index in [-0.39, 0.29) is 0 Å². The Bertz CT molecular complexity index is 605. The molecule has 0 heterocycles. The molecule has 1 nitrogen and oxygen atoms in total. The van der Waals surface area contributed by atoms with Crippen LogP contribution in [0.15, 0.2) is 46.2 Å². The summed E-state index contributed by atoms with van der Waals surface area (Å²) in [5.74, 6) is 1.85. The monoisotopic (exact) mass is 363 g/mol. The topological polar surface area (TPSA) is 26.0 Å². The second-order valence-electron chi connectivity index (χ2n) is 3.96. The average Bonchev–Trinajstić information content (AvgIpc) is 2.40. The Hall–Kier alpha value is -0.190. The molecule has 2 rings (SSSR count). The van der Waals surface area contributed by atoms with E-state index in [4.69, 9.17) is 40.5 Å². The Labute approximate surface area is 142 Å². The minimum Gasteiger partial charge on any atom is -0.399 e. The Morgan fingerprint density at radius 3 is 2.20 bits per heavy atom. The molecule has 0 fully saturated rings. The Kier molecular flexibility index (Phi) is 6.24. The summed E-state index contributed by atoms with van der Waals surface area (Å²) >= 11 is 21.6. The third-order valence-electron chi connectivity index (χ3n) is 2.45. The second-order valence-corrected chi connectivity index (χ2v) is 7.49. The Morgan fingerprint density at radius 1 is 0.800 bits per heavy atom. The fourth-order valence-corrected chi connectivity index (χ4v) is 4.28. The summed E-state index contributed by atoms with van der Waals surface area (Å²) in [5.41, 5.74) is 6.34. The molecule has 0 radical (unpaired) electrons. The van der Waals surface area contributed by atoms with Crippen LogP contribution in [0.1, 0.15) is 0 Å². The van der Waals surface area contributed by atoms with Crippen molar-refractivity contribution in [2.24, 2.45) is 0 Å². The van der Waals surface area contributed by atoms with Crippen LogP contribution in [0.5, 0.6) is 0 Å². The summed E-state index contributed by atoms with van der Waals surface area (Å²) < 4.78 is 0. The van der Waals surface area contributed by atoms with Gasteiger partial charge in [0.15, 0.2) is 0 Å². The smallest absolute Gasteiger partial charge is 0.0562 e. The number of nitrogens with two attached hydrogens (primary N) is 1. The molecular formula is C14H12Cl3NS2. The van der Waals surface area contributed by atoms with Gasteiger partial charge in [-0.1, -0.05) is 34.8 Å². The normalized spacial score (nSPS) is 10.8. The van der Waals surface area contributed by atoms with Crippen LogP contribution in [-0.2, 0) is 0 Å². The predicted octanol–water partition coefficient (Wildman–Crippen LogP) is 6.11. The minimum atomic E-state index is 0.680. The van der Waals surface area contributed by atoms with Crippen molar-refractivity contribution < 1.29 is 0 Å². The first-order chi connectivity index (χ1) is 9.56. The SMILES string of the molecule is Nc1ccc(SCCSc2cc(Cl)ccc2Cl)c(Cl)c1. The summed E-state index contributed by atoms with van der Waals surface area (Å²) in [7, 11) is 0. The van der Waals surface area contributed by atoms with E-state index in [0.29, 0.717) is 15.7 Å². The van der Waals surface area contributed by atoms with E-state index < -0.39 is 0 Å². The van der Waals surface area contributed by atoms with Gasteiger partial charge in [-0.3, -0.25) is 0 Å². The van der Waals surface area contributed by atoms with Gasteiger partial charge in [0.25, 0.3) is 0 Å². The summed E-state index contributed by atoms with van der Waals surface area (Å²) in [5, 5.41) is 2.13. The highest BCUT2D eigenvalue weighted by Crippen LogP contribution is 2.33. The molecule has 0 atom stereocenters.